The standard InChI is InChI=1S/C20H21F4N3OS/c1-3-29-19-17(18(25)28)11(2)14-9-26-16(20(22,23)24)8-15(14)27(19)10-12-5-4-6-13(21)7-12/h4-9,11,16,26H,3,10H2,1-2H3,(H2,25,28). The van der Waals surface area contributed by atoms with Gasteiger partial charge in [0.15, 0.2) is 0 Å². The maximum atomic E-state index is 13.7. The fraction of sp³-hybridized carbons (Fsp3) is 0.350. The van der Waals surface area contributed by atoms with E-state index in [0.29, 0.717) is 33.2 Å². The SMILES string of the molecule is CCSC1=C(C(N)=O)C(C)C2=CNC(C(F)(F)F)C=C2N1Cc1cccc(F)c1. The highest BCUT2D eigenvalue weighted by Gasteiger charge is 2.43. The molecule has 29 heavy (non-hydrogen) atoms. The molecule has 4 nitrogen and oxygen atoms in total. The summed E-state index contributed by atoms with van der Waals surface area (Å²) in [7, 11) is 0. The molecule has 3 rings (SSSR count). The number of hydrogen-bond acceptors (Lipinski definition) is 4. The molecule has 2 unspecified atom stereocenters. The van der Waals surface area contributed by atoms with Crippen molar-refractivity contribution in [1.82, 2.24) is 10.2 Å². The number of dihydropyridines is 1. The first kappa shape index (κ1) is 21.3. The molecule has 0 radical (unpaired) electrons. The molecule has 2 heterocycles. The number of nitrogens with one attached hydrogen (secondary N) is 1. The third-order valence-electron chi connectivity index (χ3n) is 4.83. The molecule has 0 saturated carbocycles. The summed E-state index contributed by atoms with van der Waals surface area (Å²) in [4.78, 5) is 13.9. The molecule has 0 fully saturated rings. The van der Waals surface area contributed by atoms with Gasteiger partial charge in [0, 0.05) is 24.4 Å². The average Bonchev–Trinajstić information content (AvgIpc) is 2.63. The zero-order valence-electron chi connectivity index (χ0n) is 15.9. The number of fused-ring (bicyclic) bond motifs is 1. The molecule has 0 spiro atoms. The topological polar surface area (TPSA) is 58.4 Å². The molecule has 9 heteroatoms. The molecule has 0 saturated heterocycles. The van der Waals surface area contributed by atoms with Gasteiger partial charge in [0.05, 0.1) is 10.6 Å². The van der Waals surface area contributed by atoms with Crippen LogP contribution in [0.25, 0.3) is 0 Å². The van der Waals surface area contributed by atoms with Gasteiger partial charge >= 0.3 is 6.18 Å². The fourth-order valence-electron chi connectivity index (χ4n) is 3.52. The minimum atomic E-state index is -4.48. The van der Waals surface area contributed by atoms with E-state index in [1.807, 2.05) is 6.92 Å². The number of amides is 1. The lowest BCUT2D eigenvalue weighted by Crippen LogP contribution is -2.44. The van der Waals surface area contributed by atoms with Crippen LogP contribution in [0.1, 0.15) is 19.4 Å². The van der Waals surface area contributed by atoms with E-state index in [1.165, 1.54) is 36.2 Å². The quantitative estimate of drug-likeness (QED) is 0.697. The molecule has 1 amide bonds. The average molecular weight is 427 g/mol. The highest BCUT2D eigenvalue weighted by Crippen LogP contribution is 2.45. The van der Waals surface area contributed by atoms with Gasteiger partial charge in [-0.3, -0.25) is 4.79 Å². The molecular weight excluding hydrogens is 406 g/mol. The van der Waals surface area contributed by atoms with Crippen molar-refractivity contribution in [3.63, 3.8) is 0 Å². The Balaban J connectivity index is 2.16. The number of carbonyl (C=O) groups is 1. The van der Waals surface area contributed by atoms with E-state index in [-0.39, 0.29) is 6.54 Å². The Morgan fingerprint density at radius 3 is 2.66 bits per heavy atom. The second kappa shape index (κ2) is 8.14. The van der Waals surface area contributed by atoms with Crippen molar-refractivity contribution in [2.75, 3.05) is 5.75 Å². The number of alkyl halides is 3. The van der Waals surface area contributed by atoms with Gasteiger partial charge < -0.3 is 16.0 Å². The molecule has 2 aliphatic heterocycles. The van der Waals surface area contributed by atoms with E-state index in [2.05, 4.69) is 5.32 Å². The van der Waals surface area contributed by atoms with Crippen molar-refractivity contribution >= 4 is 17.7 Å². The molecular formula is C20H21F4N3OS. The number of hydrogen-bond donors (Lipinski definition) is 2. The summed E-state index contributed by atoms with van der Waals surface area (Å²) in [5.41, 5.74) is 7.43. The molecule has 2 aliphatic rings. The lowest BCUT2D eigenvalue weighted by atomic mass is 9.85. The smallest absolute Gasteiger partial charge is 0.376 e. The number of halogens is 4. The van der Waals surface area contributed by atoms with Crippen molar-refractivity contribution in [3.05, 3.63) is 69.8 Å². The second-order valence-corrected chi connectivity index (χ2v) is 8.04. The molecule has 0 aliphatic carbocycles. The van der Waals surface area contributed by atoms with E-state index in [0.717, 1.165) is 6.08 Å². The van der Waals surface area contributed by atoms with Gasteiger partial charge in [-0.25, -0.2) is 4.39 Å². The molecule has 2 atom stereocenters. The van der Waals surface area contributed by atoms with E-state index in [4.69, 9.17) is 5.73 Å². The highest BCUT2D eigenvalue weighted by atomic mass is 32.2. The third-order valence-corrected chi connectivity index (χ3v) is 5.84. The molecule has 0 bridgehead atoms. The zero-order valence-corrected chi connectivity index (χ0v) is 16.7. The predicted octanol–water partition coefficient (Wildman–Crippen LogP) is 4.03. The van der Waals surface area contributed by atoms with Crippen LogP contribution in [0.5, 0.6) is 0 Å². The number of primary amides is 1. The molecule has 1 aromatic rings. The van der Waals surface area contributed by atoms with Crippen molar-refractivity contribution in [2.45, 2.75) is 32.6 Å². The van der Waals surface area contributed by atoms with E-state index >= 15 is 0 Å². The van der Waals surface area contributed by atoms with Crippen LogP contribution < -0.4 is 11.1 Å². The van der Waals surface area contributed by atoms with Crippen LogP contribution in [0.4, 0.5) is 17.6 Å². The normalized spacial score (nSPS) is 21.9. The molecule has 3 N–H and O–H groups in total. The van der Waals surface area contributed by atoms with Crippen LogP contribution in [0.2, 0.25) is 0 Å². The number of nitrogens with two attached hydrogens (primary N) is 1. The summed E-state index contributed by atoms with van der Waals surface area (Å²) in [5, 5.41) is 2.86. The maximum Gasteiger partial charge on any atom is 0.412 e. The maximum absolute atomic E-state index is 13.7. The summed E-state index contributed by atoms with van der Waals surface area (Å²) in [6.45, 7) is 3.73. The lowest BCUT2D eigenvalue weighted by Gasteiger charge is -2.41. The molecule has 0 aromatic heterocycles. The van der Waals surface area contributed by atoms with E-state index in [1.54, 1.807) is 17.9 Å². The first-order valence-electron chi connectivity index (χ1n) is 9.07. The zero-order chi connectivity index (χ0) is 21.3. The Bertz CT molecular complexity index is 907. The summed E-state index contributed by atoms with van der Waals surface area (Å²) in [6, 6.07) is 3.98. The number of rotatable bonds is 5. The predicted molar refractivity (Wildman–Crippen MR) is 105 cm³/mol. The number of nitrogens with zero attached hydrogens (tertiary/aromatic N) is 1. The minimum absolute atomic E-state index is 0.108. The van der Waals surface area contributed by atoms with Crippen LogP contribution in [0, 0.1) is 11.7 Å². The molecule has 156 valence electrons. The van der Waals surface area contributed by atoms with Crippen LogP contribution >= 0.6 is 11.8 Å². The van der Waals surface area contributed by atoms with Crippen molar-refractivity contribution in [3.8, 4) is 0 Å². The Hall–Kier alpha value is -2.42. The summed E-state index contributed by atoms with van der Waals surface area (Å²) in [6.07, 6.45) is -2.07. The monoisotopic (exact) mass is 427 g/mol. The number of thioether (sulfide) groups is 1. The van der Waals surface area contributed by atoms with Crippen LogP contribution in [0.15, 0.2) is 58.4 Å². The summed E-state index contributed by atoms with van der Waals surface area (Å²) < 4.78 is 53.8. The van der Waals surface area contributed by atoms with Crippen molar-refractivity contribution in [1.29, 1.82) is 0 Å². The van der Waals surface area contributed by atoms with Crippen molar-refractivity contribution < 1.29 is 22.4 Å². The lowest BCUT2D eigenvalue weighted by molar-refractivity contribution is -0.142. The number of allylic oxidation sites excluding steroid dienone is 1. The Morgan fingerprint density at radius 2 is 2.07 bits per heavy atom. The number of carbonyl (C=O) groups excluding carboxylic acids is 1. The minimum Gasteiger partial charge on any atom is -0.376 e. The van der Waals surface area contributed by atoms with Crippen LogP contribution in [0.3, 0.4) is 0 Å². The van der Waals surface area contributed by atoms with Gasteiger partial charge in [0.2, 0.25) is 5.91 Å². The first-order chi connectivity index (χ1) is 13.6. The highest BCUT2D eigenvalue weighted by molar-refractivity contribution is 8.03. The Labute approximate surface area is 170 Å². The van der Waals surface area contributed by atoms with Crippen molar-refractivity contribution in [2.24, 2.45) is 11.7 Å². The number of benzene rings is 1. The van der Waals surface area contributed by atoms with Gasteiger partial charge in [-0.1, -0.05) is 26.0 Å². The van der Waals surface area contributed by atoms with Gasteiger partial charge in [-0.05, 0) is 35.1 Å². The van der Waals surface area contributed by atoms with Gasteiger partial charge in [-0.15, -0.1) is 11.8 Å². The third kappa shape index (κ3) is 4.29. The Kier molecular flexibility index (Phi) is 5.97. The van der Waals surface area contributed by atoms with Gasteiger partial charge in [0.1, 0.15) is 11.9 Å². The second-order valence-electron chi connectivity index (χ2n) is 6.79. The van der Waals surface area contributed by atoms with Gasteiger partial charge in [0.25, 0.3) is 0 Å². The summed E-state index contributed by atoms with van der Waals surface area (Å²) >= 11 is 1.33. The van der Waals surface area contributed by atoms with Crippen LogP contribution in [-0.4, -0.2) is 28.8 Å². The van der Waals surface area contributed by atoms with E-state index in [9.17, 15) is 22.4 Å². The van der Waals surface area contributed by atoms with E-state index < -0.39 is 29.9 Å². The largest absolute Gasteiger partial charge is 0.412 e. The van der Waals surface area contributed by atoms with Gasteiger partial charge in [-0.2, -0.15) is 13.2 Å². The first-order valence-corrected chi connectivity index (χ1v) is 10.1. The van der Waals surface area contributed by atoms with Crippen LogP contribution in [-0.2, 0) is 11.3 Å². The Morgan fingerprint density at radius 1 is 1.34 bits per heavy atom. The molecule has 1 aromatic carbocycles. The fourth-order valence-corrected chi connectivity index (χ4v) is 4.54. The summed E-state index contributed by atoms with van der Waals surface area (Å²) in [5.74, 6) is -0.958.